The molecule has 7 nitrogen and oxygen atoms in total. The summed E-state index contributed by atoms with van der Waals surface area (Å²) >= 11 is 1.22. The van der Waals surface area contributed by atoms with E-state index in [-0.39, 0.29) is 11.6 Å². The van der Waals surface area contributed by atoms with Gasteiger partial charge < -0.3 is 10.0 Å². The van der Waals surface area contributed by atoms with Crippen LogP contribution in [0.1, 0.15) is 22.5 Å². The Bertz CT molecular complexity index is 785. The predicted octanol–water partition coefficient (Wildman–Crippen LogP) is 2.50. The lowest BCUT2D eigenvalue weighted by atomic mass is 10.2. The average molecular weight is 320 g/mol. The van der Waals surface area contributed by atoms with Crippen molar-refractivity contribution in [2.75, 3.05) is 6.54 Å². The molecule has 22 heavy (non-hydrogen) atoms. The lowest BCUT2D eigenvalue weighted by molar-refractivity contribution is -0.384. The number of benzene rings is 1. The molecular formula is C14H12N2O5S. The number of thiophene rings is 1. The molecule has 1 aromatic carbocycles. The number of likely N-dealkylation sites (tertiary alicyclic amines) is 1. The SMILES string of the molecule is O=C(O)[C@@H]1CCCN1C(=O)c1cc2cc([N+](=O)[O-])ccc2s1. The van der Waals surface area contributed by atoms with Gasteiger partial charge in [0.05, 0.1) is 9.80 Å². The Morgan fingerprint density at radius 2 is 2.14 bits per heavy atom. The number of carboxylic acid groups (broad SMARTS) is 1. The Labute approximate surface area is 128 Å². The summed E-state index contributed by atoms with van der Waals surface area (Å²) in [7, 11) is 0. The van der Waals surface area contributed by atoms with Crippen LogP contribution in [0.3, 0.4) is 0 Å². The van der Waals surface area contributed by atoms with Gasteiger partial charge in [-0.25, -0.2) is 4.79 Å². The second kappa shape index (κ2) is 5.38. The maximum Gasteiger partial charge on any atom is 0.326 e. The van der Waals surface area contributed by atoms with Crippen LogP contribution in [0.4, 0.5) is 5.69 Å². The zero-order valence-electron chi connectivity index (χ0n) is 11.4. The van der Waals surface area contributed by atoms with E-state index in [0.29, 0.717) is 29.6 Å². The maximum atomic E-state index is 12.5. The van der Waals surface area contributed by atoms with Crippen LogP contribution < -0.4 is 0 Å². The second-order valence-electron chi connectivity index (χ2n) is 5.08. The van der Waals surface area contributed by atoms with Crippen molar-refractivity contribution < 1.29 is 19.6 Å². The first-order valence-corrected chi connectivity index (χ1v) is 7.51. The number of carbonyl (C=O) groups excluding carboxylic acids is 1. The molecule has 1 atom stereocenters. The molecule has 1 aliphatic rings. The van der Waals surface area contributed by atoms with Gasteiger partial charge in [-0.3, -0.25) is 14.9 Å². The molecular weight excluding hydrogens is 308 g/mol. The van der Waals surface area contributed by atoms with Crippen molar-refractivity contribution in [2.24, 2.45) is 0 Å². The maximum absolute atomic E-state index is 12.5. The van der Waals surface area contributed by atoms with Gasteiger partial charge >= 0.3 is 5.97 Å². The third-order valence-corrected chi connectivity index (χ3v) is 4.82. The number of hydrogen-bond donors (Lipinski definition) is 1. The first-order valence-electron chi connectivity index (χ1n) is 6.69. The molecule has 0 bridgehead atoms. The topological polar surface area (TPSA) is 101 Å². The molecule has 1 aromatic heterocycles. The zero-order chi connectivity index (χ0) is 15.9. The summed E-state index contributed by atoms with van der Waals surface area (Å²) < 4.78 is 0.764. The average Bonchev–Trinajstić information content (AvgIpc) is 3.12. The number of aliphatic carboxylic acids is 1. The molecule has 0 aliphatic carbocycles. The zero-order valence-corrected chi connectivity index (χ0v) is 12.2. The van der Waals surface area contributed by atoms with Crippen LogP contribution in [0, 0.1) is 10.1 Å². The number of non-ortho nitro benzene ring substituents is 1. The third kappa shape index (κ3) is 2.41. The number of nitro groups is 1. The molecule has 114 valence electrons. The minimum Gasteiger partial charge on any atom is -0.480 e. The standard InChI is InChI=1S/C14H12N2O5S/c17-13(15-5-1-2-10(15)14(18)19)12-7-8-6-9(16(20)21)3-4-11(8)22-12/h3-4,6-7,10H,1-2,5H2,(H,18,19)/t10-/m0/s1. The molecule has 1 aliphatic heterocycles. The van der Waals surface area contributed by atoms with E-state index >= 15 is 0 Å². The number of amides is 1. The predicted molar refractivity (Wildman–Crippen MR) is 80.2 cm³/mol. The monoisotopic (exact) mass is 320 g/mol. The van der Waals surface area contributed by atoms with Gasteiger partial charge in [-0.2, -0.15) is 0 Å². The minimum absolute atomic E-state index is 0.0334. The van der Waals surface area contributed by atoms with Crippen molar-refractivity contribution in [1.82, 2.24) is 4.90 Å². The van der Waals surface area contributed by atoms with Gasteiger partial charge in [0, 0.05) is 28.8 Å². The summed E-state index contributed by atoms with van der Waals surface area (Å²) in [5.41, 5.74) is -0.0334. The summed E-state index contributed by atoms with van der Waals surface area (Å²) in [5.74, 6) is -1.32. The number of hydrogen-bond acceptors (Lipinski definition) is 5. The summed E-state index contributed by atoms with van der Waals surface area (Å²) in [5, 5.41) is 20.6. The Morgan fingerprint density at radius 1 is 1.36 bits per heavy atom. The largest absolute Gasteiger partial charge is 0.480 e. The number of nitrogens with zero attached hydrogens (tertiary/aromatic N) is 2. The van der Waals surface area contributed by atoms with E-state index < -0.39 is 16.9 Å². The van der Waals surface area contributed by atoms with Gasteiger partial charge in [0.25, 0.3) is 11.6 Å². The van der Waals surface area contributed by atoms with Gasteiger partial charge in [0.1, 0.15) is 6.04 Å². The van der Waals surface area contributed by atoms with Crippen molar-refractivity contribution in [1.29, 1.82) is 0 Å². The molecule has 1 N–H and O–H groups in total. The lowest BCUT2D eigenvalue weighted by Crippen LogP contribution is -2.40. The molecule has 1 saturated heterocycles. The molecule has 1 fully saturated rings. The van der Waals surface area contributed by atoms with Gasteiger partial charge in [-0.05, 0) is 25.0 Å². The third-order valence-electron chi connectivity index (χ3n) is 3.72. The van der Waals surface area contributed by atoms with Crippen LogP contribution in [-0.4, -0.2) is 39.4 Å². The molecule has 0 unspecified atom stereocenters. The van der Waals surface area contributed by atoms with Crippen LogP contribution in [0.5, 0.6) is 0 Å². The van der Waals surface area contributed by atoms with Crippen LogP contribution in [0.2, 0.25) is 0 Å². The molecule has 3 rings (SSSR count). The van der Waals surface area contributed by atoms with Crippen LogP contribution in [0.25, 0.3) is 10.1 Å². The van der Waals surface area contributed by atoms with Crippen LogP contribution in [-0.2, 0) is 4.79 Å². The first kappa shape index (κ1) is 14.5. The van der Waals surface area contributed by atoms with Crippen LogP contribution in [0.15, 0.2) is 24.3 Å². The number of fused-ring (bicyclic) bond motifs is 1. The van der Waals surface area contributed by atoms with E-state index in [1.165, 1.54) is 28.4 Å². The quantitative estimate of drug-likeness (QED) is 0.691. The summed E-state index contributed by atoms with van der Waals surface area (Å²) in [6.07, 6.45) is 1.12. The molecule has 0 saturated carbocycles. The smallest absolute Gasteiger partial charge is 0.326 e. The van der Waals surface area contributed by atoms with E-state index in [9.17, 15) is 19.7 Å². The van der Waals surface area contributed by atoms with Gasteiger partial charge in [0.2, 0.25) is 0 Å². The van der Waals surface area contributed by atoms with E-state index in [0.717, 1.165) is 4.70 Å². The van der Waals surface area contributed by atoms with E-state index in [4.69, 9.17) is 5.11 Å². The van der Waals surface area contributed by atoms with Crippen molar-refractivity contribution >= 4 is 39.0 Å². The normalized spacial score (nSPS) is 17.8. The molecule has 2 aromatic rings. The highest BCUT2D eigenvalue weighted by molar-refractivity contribution is 7.20. The Morgan fingerprint density at radius 3 is 2.82 bits per heavy atom. The Hall–Kier alpha value is -2.48. The van der Waals surface area contributed by atoms with Crippen molar-refractivity contribution in [3.63, 3.8) is 0 Å². The second-order valence-corrected chi connectivity index (χ2v) is 6.17. The Kier molecular flexibility index (Phi) is 3.53. The van der Waals surface area contributed by atoms with E-state index in [2.05, 4.69) is 0 Å². The first-order chi connectivity index (χ1) is 10.5. The summed E-state index contributed by atoms with van der Waals surface area (Å²) in [4.78, 5) is 35.7. The fraction of sp³-hybridized carbons (Fsp3) is 0.286. The molecule has 0 spiro atoms. The lowest BCUT2D eigenvalue weighted by Gasteiger charge is -2.20. The highest BCUT2D eigenvalue weighted by Crippen LogP contribution is 2.31. The number of carboxylic acids is 1. The number of carbonyl (C=O) groups is 2. The highest BCUT2D eigenvalue weighted by Gasteiger charge is 2.35. The molecule has 0 radical (unpaired) electrons. The molecule has 2 heterocycles. The number of rotatable bonds is 3. The van der Waals surface area contributed by atoms with Crippen LogP contribution >= 0.6 is 11.3 Å². The van der Waals surface area contributed by atoms with Crippen molar-refractivity contribution in [2.45, 2.75) is 18.9 Å². The van der Waals surface area contributed by atoms with Crippen molar-refractivity contribution in [3.05, 3.63) is 39.3 Å². The fourth-order valence-electron chi connectivity index (χ4n) is 2.66. The fourth-order valence-corrected chi connectivity index (χ4v) is 3.66. The Balaban J connectivity index is 1.94. The molecule has 8 heteroatoms. The van der Waals surface area contributed by atoms with Gasteiger partial charge in [-0.15, -0.1) is 11.3 Å². The van der Waals surface area contributed by atoms with E-state index in [1.807, 2.05) is 0 Å². The number of nitro benzene ring substituents is 1. The highest BCUT2D eigenvalue weighted by atomic mass is 32.1. The minimum atomic E-state index is -0.998. The van der Waals surface area contributed by atoms with Gasteiger partial charge in [0.15, 0.2) is 0 Å². The molecule has 1 amide bonds. The summed E-state index contributed by atoms with van der Waals surface area (Å²) in [6.45, 7) is 0.421. The summed E-state index contributed by atoms with van der Waals surface area (Å²) in [6, 6.07) is 5.22. The van der Waals surface area contributed by atoms with E-state index in [1.54, 1.807) is 12.1 Å². The van der Waals surface area contributed by atoms with Gasteiger partial charge in [-0.1, -0.05) is 0 Å². The van der Waals surface area contributed by atoms with Crippen molar-refractivity contribution in [3.8, 4) is 0 Å².